The molecule has 136 valence electrons. The normalized spacial score (nSPS) is 11.5. The largest absolute Gasteiger partial charge is 0.496 e. The number of imidazole rings is 1. The van der Waals surface area contributed by atoms with Crippen LogP contribution in [0.1, 0.15) is 29.9 Å². The van der Waals surface area contributed by atoms with E-state index < -0.39 is 23.7 Å². The average Bonchev–Trinajstić information content (AvgIpc) is 2.98. The number of ether oxygens (including phenoxy) is 2. The van der Waals surface area contributed by atoms with E-state index in [0.29, 0.717) is 0 Å². The number of rotatable bonds is 5. The molecule has 0 unspecified atom stereocenters. The molecule has 2 aromatic rings. The van der Waals surface area contributed by atoms with Gasteiger partial charge in [-0.2, -0.15) is 13.2 Å². The molecule has 1 aromatic heterocycles. The number of nitrogens with zero attached hydrogens (tertiary/aromatic N) is 2. The van der Waals surface area contributed by atoms with E-state index in [1.54, 1.807) is 13.8 Å². The highest BCUT2D eigenvalue weighted by atomic mass is 19.4. The number of methoxy groups -OCH3 is 1. The first kappa shape index (κ1) is 18.8. The molecule has 0 fully saturated rings. The summed E-state index contributed by atoms with van der Waals surface area (Å²) in [4.78, 5) is 15.3. The second-order valence-corrected chi connectivity index (χ2v) is 4.99. The van der Waals surface area contributed by atoms with E-state index >= 15 is 0 Å². The van der Waals surface area contributed by atoms with E-state index in [4.69, 9.17) is 9.47 Å². The molecule has 0 saturated carbocycles. The lowest BCUT2D eigenvalue weighted by atomic mass is 10.1. The molecule has 0 aliphatic carbocycles. The molecule has 0 atom stereocenters. The first-order valence-electron chi connectivity index (χ1n) is 7.42. The summed E-state index contributed by atoms with van der Waals surface area (Å²) < 4.78 is 64.3. The third kappa shape index (κ3) is 3.75. The van der Waals surface area contributed by atoms with Crippen LogP contribution >= 0.6 is 0 Å². The van der Waals surface area contributed by atoms with E-state index in [9.17, 15) is 22.4 Å². The Morgan fingerprint density at radius 2 is 1.96 bits per heavy atom. The van der Waals surface area contributed by atoms with Crippen molar-refractivity contribution in [3.8, 4) is 17.1 Å². The van der Waals surface area contributed by atoms with Crippen molar-refractivity contribution in [1.82, 2.24) is 9.55 Å². The minimum Gasteiger partial charge on any atom is -0.496 e. The van der Waals surface area contributed by atoms with Gasteiger partial charge in [-0.1, -0.05) is 0 Å². The summed E-state index contributed by atoms with van der Waals surface area (Å²) in [5.41, 5.74) is -1.50. The van der Waals surface area contributed by atoms with Crippen LogP contribution in [-0.4, -0.2) is 29.2 Å². The van der Waals surface area contributed by atoms with E-state index in [0.717, 1.165) is 16.8 Å². The number of aromatic nitrogens is 2. The van der Waals surface area contributed by atoms with Gasteiger partial charge in [-0.3, -0.25) is 0 Å². The molecule has 9 heteroatoms. The fourth-order valence-corrected chi connectivity index (χ4v) is 2.28. The Hall–Kier alpha value is -2.58. The molecule has 1 heterocycles. The maximum absolute atomic E-state index is 14.6. The molecule has 0 radical (unpaired) electrons. The Kier molecular flexibility index (Phi) is 5.34. The fraction of sp³-hybridized carbons (Fsp3) is 0.375. The van der Waals surface area contributed by atoms with Crippen LogP contribution in [0.3, 0.4) is 0 Å². The van der Waals surface area contributed by atoms with Gasteiger partial charge >= 0.3 is 12.1 Å². The SMILES string of the molecule is CCOC(=O)c1cc(F)c(-c2nc(C(F)(F)F)cn2CC)c(OC)c1. The van der Waals surface area contributed by atoms with Crippen molar-refractivity contribution in [3.63, 3.8) is 0 Å². The highest BCUT2D eigenvalue weighted by Gasteiger charge is 2.35. The van der Waals surface area contributed by atoms with Crippen LogP contribution in [0.15, 0.2) is 18.3 Å². The van der Waals surface area contributed by atoms with Crippen LogP contribution in [0.4, 0.5) is 17.6 Å². The highest BCUT2D eigenvalue weighted by molar-refractivity contribution is 5.91. The molecule has 1 aromatic carbocycles. The van der Waals surface area contributed by atoms with Crippen molar-refractivity contribution in [3.05, 3.63) is 35.4 Å². The predicted octanol–water partition coefficient (Wildman–Crippen LogP) is 3.91. The standard InChI is InChI=1S/C16H16F4N2O3/c1-4-22-8-12(16(18,19)20)21-14(22)13-10(17)6-9(7-11(13)24-3)15(23)25-5-2/h6-8H,4-5H2,1-3H3. The van der Waals surface area contributed by atoms with E-state index in [-0.39, 0.29) is 35.9 Å². The van der Waals surface area contributed by atoms with Gasteiger partial charge in [0.1, 0.15) is 17.4 Å². The number of carbonyl (C=O) groups excluding carboxylic acids is 1. The molecule has 0 saturated heterocycles. The molecule has 25 heavy (non-hydrogen) atoms. The van der Waals surface area contributed by atoms with E-state index in [2.05, 4.69) is 4.98 Å². The molecule has 2 rings (SSSR count). The van der Waals surface area contributed by atoms with E-state index in [1.165, 1.54) is 13.2 Å². The quantitative estimate of drug-likeness (QED) is 0.599. The molecule has 0 N–H and O–H groups in total. The van der Waals surface area contributed by atoms with E-state index in [1.807, 2.05) is 0 Å². The van der Waals surface area contributed by atoms with Crippen LogP contribution in [-0.2, 0) is 17.5 Å². The second-order valence-electron chi connectivity index (χ2n) is 4.99. The van der Waals surface area contributed by atoms with Crippen LogP contribution in [0.25, 0.3) is 11.4 Å². The van der Waals surface area contributed by atoms with Crippen molar-refractivity contribution in [2.45, 2.75) is 26.6 Å². The van der Waals surface area contributed by atoms with Gasteiger partial charge in [-0.25, -0.2) is 14.2 Å². The summed E-state index contributed by atoms with van der Waals surface area (Å²) >= 11 is 0. The minimum absolute atomic E-state index is 0.0969. The van der Waals surface area contributed by atoms with Gasteiger partial charge in [0.15, 0.2) is 5.69 Å². The lowest BCUT2D eigenvalue weighted by Crippen LogP contribution is -2.08. The summed E-state index contributed by atoms with van der Waals surface area (Å²) in [5.74, 6) is -2.05. The molecular formula is C16H16F4N2O3. The van der Waals surface area contributed by atoms with Crippen molar-refractivity contribution in [2.75, 3.05) is 13.7 Å². The van der Waals surface area contributed by atoms with Gasteiger partial charge in [0.05, 0.1) is 24.8 Å². The van der Waals surface area contributed by atoms with Gasteiger partial charge in [0.2, 0.25) is 0 Å². The number of alkyl halides is 3. The predicted molar refractivity (Wildman–Crippen MR) is 80.8 cm³/mol. The Bertz CT molecular complexity index is 784. The number of hydrogen-bond acceptors (Lipinski definition) is 4. The van der Waals surface area contributed by atoms with Crippen LogP contribution in [0, 0.1) is 5.82 Å². The Labute approximate surface area is 141 Å². The fourth-order valence-electron chi connectivity index (χ4n) is 2.28. The maximum Gasteiger partial charge on any atom is 0.434 e. The van der Waals surface area contributed by atoms with Gasteiger partial charge in [0.25, 0.3) is 0 Å². The Balaban J connectivity index is 2.63. The average molecular weight is 360 g/mol. The summed E-state index contributed by atoms with van der Waals surface area (Å²) in [6.45, 7) is 3.43. The van der Waals surface area contributed by atoms with Crippen molar-refractivity contribution < 1.29 is 31.8 Å². The Morgan fingerprint density at radius 1 is 1.28 bits per heavy atom. The number of aryl methyl sites for hydroxylation is 1. The van der Waals surface area contributed by atoms with Gasteiger partial charge < -0.3 is 14.0 Å². The highest BCUT2D eigenvalue weighted by Crippen LogP contribution is 2.36. The maximum atomic E-state index is 14.6. The smallest absolute Gasteiger partial charge is 0.434 e. The van der Waals surface area contributed by atoms with Crippen LogP contribution < -0.4 is 4.74 Å². The zero-order valence-corrected chi connectivity index (χ0v) is 13.8. The Morgan fingerprint density at radius 3 is 2.48 bits per heavy atom. The number of esters is 1. The van der Waals surface area contributed by atoms with Crippen molar-refractivity contribution in [2.24, 2.45) is 0 Å². The summed E-state index contributed by atoms with van der Waals surface area (Å²) in [7, 11) is 1.22. The topological polar surface area (TPSA) is 53.3 Å². The molecular weight excluding hydrogens is 344 g/mol. The first-order valence-corrected chi connectivity index (χ1v) is 7.42. The summed E-state index contributed by atoms with van der Waals surface area (Å²) in [5, 5.41) is 0. The van der Waals surface area contributed by atoms with Crippen LogP contribution in [0.5, 0.6) is 5.75 Å². The number of carbonyl (C=O) groups is 1. The summed E-state index contributed by atoms with van der Waals surface area (Å²) in [6.07, 6.45) is -3.86. The molecule has 0 aliphatic rings. The van der Waals surface area contributed by atoms with Crippen molar-refractivity contribution in [1.29, 1.82) is 0 Å². The van der Waals surface area contributed by atoms with Crippen LogP contribution in [0.2, 0.25) is 0 Å². The van der Waals surface area contributed by atoms with Gasteiger partial charge in [-0.05, 0) is 26.0 Å². The first-order chi connectivity index (χ1) is 11.7. The zero-order chi connectivity index (χ0) is 18.8. The third-order valence-corrected chi connectivity index (χ3v) is 3.42. The van der Waals surface area contributed by atoms with Crippen molar-refractivity contribution >= 4 is 5.97 Å². The number of halogens is 4. The molecule has 0 amide bonds. The third-order valence-electron chi connectivity index (χ3n) is 3.42. The number of benzene rings is 1. The minimum atomic E-state index is -4.66. The lowest BCUT2D eigenvalue weighted by Gasteiger charge is -2.12. The summed E-state index contributed by atoms with van der Waals surface area (Å²) in [6, 6.07) is 2.09. The number of hydrogen-bond donors (Lipinski definition) is 0. The molecule has 0 spiro atoms. The molecule has 5 nitrogen and oxygen atoms in total. The monoisotopic (exact) mass is 360 g/mol. The second kappa shape index (κ2) is 7.12. The lowest BCUT2D eigenvalue weighted by molar-refractivity contribution is -0.140. The molecule has 0 bridgehead atoms. The van der Waals surface area contributed by atoms with Gasteiger partial charge in [-0.15, -0.1) is 0 Å². The van der Waals surface area contributed by atoms with Gasteiger partial charge in [0, 0.05) is 12.7 Å². The molecule has 0 aliphatic heterocycles. The zero-order valence-electron chi connectivity index (χ0n) is 13.8.